The van der Waals surface area contributed by atoms with Crippen molar-refractivity contribution in [1.82, 2.24) is 10.2 Å². The van der Waals surface area contributed by atoms with Gasteiger partial charge < -0.3 is 5.32 Å². The van der Waals surface area contributed by atoms with E-state index in [4.69, 9.17) is 5.26 Å². The predicted octanol–water partition coefficient (Wildman–Crippen LogP) is 1.75. The number of hydrogen-bond donors (Lipinski definition) is 1. The Balaban J connectivity index is 2.46. The molecule has 0 aromatic heterocycles. The zero-order chi connectivity index (χ0) is 11.3. The van der Waals surface area contributed by atoms with Gasteiger partial charge in [-0.15, -0.1) is 0 Å². The Morgan fingerprint density at radius 2 is 2.20 bits per heavy atom. The predicted molar refractivity (Wildman–Crippen MR) is 62.6 cm³/mol. The van der Waals surface area contributed by atoms with Crippen LogP contribution in [0.4, 0.5) is 0 Å². The minimum absolute atomic E-state index is 0.393. The fourth-order valence-electron chi connectivity index (χ4n) is 1.77. The second-order valence-corrected chi connectivity index (χ2v) is 4.75. The quantitative estimate of drug-likeness (QED) is 0.694. The van der Waals surface area contributed by atoms with Gasteiger partial charge in [-0.1, -0.05) is 13.3 Å². The van der Waals surface area contributed by atoms with Crippen LogP contribution in [0.1, 0.15) is 39.5 Å². The molecule has 0 heterocycles. The van der Waals surface area contributed by atoms with Crippen molar-refractivity contribution in [2.75, 3.05) is 20.1 Å². The van der Waals surface area contributed by atoms with Crippen molar-refractivity contribution < 1.29 is 0 Å². The first-order valence-electron chi connectivity index (χ1n) is 5.99. The van der Waals surface area contributed by atoms with Crippen LogP contribution in [0.2, 0.25) is 0 Å². The minimum Gasteiger partial charge on any atom is -0.302 e. The first kappa shape index (κ1) is 12.5. The zero-order valence-electron chi connectivity index (χ0n) is 10.2. The van der Waals surface area contributed by atoms with Crippen LogP contribution in [-0.4, -0.2) is 36.6 Å². The average Bonchev–Trinajstić information content (AvgIpc) is 3.07. The zero-order valence-corrected chi connectivity index (χ0v) is 10.2. The van der Waals surface area contributed by atoms with Gasteiger partial charge >= 0.3 is 0 Å². The Hall–Kier alpha value is -0.590. The third-order valence-corrected chi connectivity index (χ3v) is 3.18. The molecule has 0 bridgehead atoms. The molecule has 3 nitrogen and oxygen atoms in total. The third kappa shape index (κ3) is 3.81. The lowest BCUT2D eigenvalue weighted by molar-refractivity contribution is 0.213. The summed E-state index contributed by atoms with van der Waals surface area (Å²) >= 11 is 0. The molecule has 1 aliphatic carbocycles. The van der Waals surface area contributed by atoms with Gasteiger partial charge in [0.2, 0.25) is 0 Å². The van der Waals surface area contributed by atoms with Gasteiger partial charge in [-0.05, 0) is 39.8 Å². The Morgan fingerprint density at radius 1 is 1.53 bits per heavy atom. The average molecular weight is 209 g/mol. The summed E-state index contributed by atoms with van der Waals surface area (Å²) < 4.78 is 0. The molecule has 1 saturated carbocycles. The molecule has 0 amide bonds. The lowest BCUT2D eigenvalue weighted by Gasteiger charge is -2.30. The molecule has 1 rings (SSSR count). The lowest BCUT2D eigenvalue weighted by Crippen LogP contribution is -2.49. The smallest absolute Gasteiger partial charge is 0.116 e. The number of nitrogens with one attached hydrogen (secondary N) is 1. The van der Waals surface area contributed by atoms with E-state index in [2.05, 4.69) is 23.2 Å². The molecule has 86 valence electrons. The van der Waals surface area contributed by atoms with Crippen molar-refractivity contribution in [2.24, 2.45) is 0 Å². The van der Waals surface area contributed by atoms with Crippen molar-refractivity contribution in [3.63, 3.8) is 0 Å². The van der Waals surface area contributed by atoms with E-state index in [0.29, 0.717) is 0 Å². The summed E-state index contributed by atoms with van der Waals surface area (Å²) in [6.45, 7) is 6.19. The van der Waals surface area contributed by atoms with Crippen molar-refractivity contribution in [2.45, 2.75) is 51.1 Å². The second kappa shape index (κ2) is 5.48. The molecule has 0 aromatic carbocycles. The lowest BCUT2D eigenvalue weighted by atomic mass is 10.0. The highest BCUT2D eigenvalue weighted by Gasteiger charge is 2.33. The summed E-state index contributed by atoms with van der Waals surface area (Å²) in [6, 6.07) is 3.11. The summed E-state index contributed by atoms with van der Waals surface area (Å²) in [6.07, 6.45) is 5.09. The number of nitriles is 1. The van der Waals surface area contributed by atoms with E-state index in [1.54, 1.807) is 0 Å². The van der Waals surface area contributed by atoms with E-state index in [1.165, 1.54) is 25.7 Å². The normalized spacial score (nSPS) is 19.9. The van der Waals surface area contributed by atoms with Gasteiger partial charge in [0.25, 0.3) is 0 Å². The van der Waals surface area contributed by atoms with E-state index in [1.807, 2.05) is 14.0 Å². The summed E-state index contributed by atoms with van der Waals surface area (Å²) in [4.78, 5) is 2.48. The fraction of sp³-hybridized carbons (Fsp3) is 0.917. The van der Waals surface area contributed by atoms with Crippen molar-refractivity contribution in [3.8, 4) is 6.07 Å². The first-order valence-corrected chi connectivity index (χ1v) is 5.99. The van der Waals surface area contributed by atoms with E-state index in [0.717, 1.165) is 19.1 Å². The summed E-state index contributed by atoms with van der Waals surface area (Å²) in [5, 5.41) is 12.2. The highest BCUT2D eigenvalue weighted by Crippen LogP contribution is 2.28. The van der Waals surface area contributed by atoms with Gasteiger partial charge in [-0.3, -0.25) is 4.90 Å². The highest BCUT2D eigenvalue weighted by atomic mass is 15.2. The Kier molecular flexibility index (Phi) is 4.56. The van der Waals surface area contributed by atoms with Gasteiger partial charge in [0, 0.05) is 12.6 Å². The van der Waals surface area contributed by atoms with E-state index in [9.17, 15) is 0 Å². The number of rotatable bonds is 7. The van der Waals surface area contributed by atoms with Gasteiger partial charge in [-0.25, -0.2) is 0 Å². The topological polar surface area (TPSA) is 39.1 Å². The Labute approximate surface area is 93.5 Å². The molecule has 15 heavy (non-hydrogen) atoms. The SMILES string of the molecule is CCCCN(CC(C)(C#N)NC)C1CC1. The van der Waals surface area contributed by atoms with Crippen LogP contribution in [0.3, 0.4) is 0 Å². The van der Waals surface area contributed by atoms with Crippen molar-refractivity contribution in [1.29, 1.82) is 5.26 Å². The Morgan fingerprint density at radius 3 is 2.60 bits per heavy atom. The van der Waals surface area contributed by atoms with Crippen LogP contribution in [0.5, 0.6) is 0 Å². The van der Waals surface area contributed by atoms with E-state index in [-0.39, 0.29) is 0 Å². The van der Waals surface area contributed by atoms with Gasteiger partial charge in [0.15, 0.2) is 0 Å². The molecular weight excluding hydrogens is 186 g/mol. The Bertz CT molecular complexity index is 230. The number of hydrogen-bond acceptors (Lipinski definition) is 3. The maximum atomic E-state index is 9.12. The van der Waals surface area contributed by atoms with Crippen LogP contribution in [-0.2, 0) is 0 Å². The second-order valence-electron chi connectivity index (χ2n) is 4.75. The van der Waals surface area contributed by atoms with E-state index < -0.39 is 5.54 Å². The number of nitrogens with zero attached hydrogens (tertiary/aromatic N) is 2. The molecular formula is C12H23N3. The minimum atomic E-state index is -0.393. The summed E-state index contributed by atoms with van der Waals surface area (Å²) in [5.74, 6) is 0. The van der Waals surface area contributed by atoms with Crippen LogP contribution < -0.4 is 5.32 Å². The summed E-state index contributed by atoms with van der Waals surface area (Å²) in [5.41, 5.74) is -0.393. The molecule has 3 heteroatoms. The van der Waals surface area contributed by atoms with Crippen molar-refractivity contribution >= 4 is 0 Å². The van der Waals surface area contributed by atoms with Gasteiger partial charge in [-0.2, -0.15) is 5.26 Å². The molecule has 1 N–H and O–H groups in total. The number of unbranched alkanes of at least 4 members (excludes halogenated alkanes) is 1. The third-order valence-electron chi connectivity index (χ3n) is 3.18. The monoisotopic (exact) mass is 209 g/mol. The maximum Gasteiger partial charge on any atom is 0.116 e. The van der Waals surface area contributed by atoms with Crippen LogP contribution >= 0.6 is 0 Å². The first-order chi connectivity index (χ1) is 7.15. The number of likely N-dealkylation sites (N-methyl/N-ethyl adjacent to an activating group) is 1. The summed E-state index contributed by atoms with van der Waals surface area (Å²) in [7, 11) is 1.87. The van der Waals surface area contributed by atoms with Crippen LogP contribution in [0.25, 0.3) is 0 Å². The maximum absolute atomic E-state index is 9.12. The van der Waals surface area contributed by atoms with Gasteiger partial charge in [0.05, 0.1) is 6.07 Å². The van der Waals surface area contributed by atoms with Gasteiger partial charge in [0.1, 0.15) is 5.54 Å². The van der Waals surface area contributed by atoms with Crippen molar-refractivity contribution in [3.05, 3.63) is 0 Å². The fourth-order valence-corrected chi connectivity index (χ4v) is 1.77. The molecule has 0 radical (unpaired) electrons. The molecule has 1 aliphatic rings. The van der Waals surface area contributed by atoms with Crippen LogP contribution in [0.15, 0.2) is 0 Å². The molecule has 0 spiro atoms. The molecule has 1 unspecified atom stereocenters. The van der Waals surface area contributed by atoms with Crippen LogP contribution in [0, 0.1) is 11.3 Å². The van der Waals surface area contributed by atoms with E-state index >= 15 is 0 Å². The molecule has 0 saturated heterocycles. The molecule has 1 atom stereocenters. The molecule has 1 fully saturated rings. The standard InChI is InChI=1S/C12H23N3/c1-4-5-8-15(11-6-7-11)10-12(2,9-13)14-3/h11,14H,4-8,10H2,1-3H3. The largest absolute Gasteiger partial charge is 0.302 e. The molecule has 0 aliphatic heterocycles. The molecule has 0 aromatic rings. The highest BCUT2D eigenvalue weighted by molar-refractivity contribution is 5.06.